The second kappa shape index (κ2) is 8.46. The van der Waals surface area contributed by atoms with Gasteiger partial charge in [0.25, 0.3) is 0 Å². The standard InChI is InChI=1S/C9H21N3O3/c1-7(5-9(10)12-14)11-8(3-4-13)6-15-2/h7-8,11,13-14H,3-6H2,1-2H3,(H2,10,12). The molecule has 0 amide bonds. The normalized spacial score (nSPS) is 16.3. The lowest BCUT2D eigenvalue weighted by atomic mass is 10.1. The molecule has 0 radical (unpaired) electrons. The average Bonchev–Trinajstić information content (AvgIpc) is 2.18. The first-order valence-corrected chi connectivity index (χ1v) is 4.96. The molecule has 0 rings (SSSR count). The zero-order valence-corrected chi connectivity index (χ0v) is 9.31. The summed E-state index contributed by atoms with van der Waals surface area (Å²) >= 11 is 0. The Balaban J connectivity index is 3.92. The monoisotopic (exact) mass is 219 g/mol. The number of hydrogen-bond donors (Lipinski definition) is 4. The lowest BCUT2D eigenvalue weighted by Gasteiger charge is -2.21. The highest BCUT2D eigenvalue weighted by Gasteiger charge is 2.12. The van der Waals surface area contributed by atoms with Gasteiger partial charge in [0.1, 0.15) is 5.84 Å². The Kier molecular flexibility index (Phi) is 7.98. The predicted molar refractivity (Wildman–Crippen MR) is 58.0 cm³/mol. The third-order valence-corrected chi connectivity index (χ3v) is 2.01. The first kappa shape index (κ1) is 14.2. The van der Waals surface area contributed by atoms with Crippen molar-refractivity contribution in [3.63, 3.8) is 0 Å². The number of oxime groups is 1. The number of aliphatic hydroxyl groups is 1. The van der Waals surface area contributed by atoms with Gasteiger partial charge in [0.05, 0.1) is 6.61 Å². The van der Waals surface area contributed by atoms with Crippen LogP contribution in [0, 0.1) is 0 Å². The van der Waals surface area contributed by atoms with Crippen molar-refractivity contribution < 1.29 is 15.1 Å². The summed E-state index contributed by atoms with van der Waals surface area (Å²) in [6.45, 7) is 2.57. The molecule has 0 saturated heterocycles. The van der Waals surface area contributed by atoms with E-state index >= 15 is 0 Å². The molecule has 0 aliphatic rings. The molecule has 0 aromatic rings. The van der Waals surface area contributed by atoms with Gasteiger partial charge in [-0.3, -0.25) is 0 Å². The van der Waals surface area contributed by atoms with Crippen LogP contribution < -0.4 is 11.1 Å². The van der Waals surface area contributed by atoms with E-state index in [1.54, 1.807) is 7.11 Å². The van der Waals surface area contributed by atoms with Gasteiger partial charge in [0, 0.05) is 32.2 Å². The molecule has 0 aliphatic heterocycles. The molecule has 6 nitrogen and oxygen atoms in total. The summed E-state index contributed by atoms with van der Waals surface area (Å²) in [5.41, 5.74) is 5.38. The number of methoxy groups -OCH3 is 1. The molecule has 0 heterocycles. The van der Waals surface area contributed by atoms with E-state index in [4.69, 9.17) is 20.8 Å². The van der Waals surface area contributed by atoms with Crippen LogP contribution in [-0.2, 0) is 4.74 Å². The van der Waals surface area contributed by atoms with Crippen LogP contribution in [0.2, 0.25) is 0 Å². The number of hydrogen-bond acceptors (Lipinski definition) is 5. The Hall–Kier alpha value is -0.850. The largest absolute Gasteiger partial charge is 0.409 e. The molecule has 0 aliphatic carbocycles. The summed E-state index contributed by atoms with van der Waals surface area (Å²) in [5.74, 6) is 0.190. The molecule has 6 heteroatoms. The molecular formula is C9H21N3O3. The molecule has 90 valence electrons. The summed E-state index contributed by atoms with van der Waals surface area (Å²) in [5, 5.41) is 23.3. The molecular weight excluding hydrogens is 198 g/mol. The maximum atomic E-state index is 8.82. The van der Waals surface area contributed by atoms with Gasteiger partial charge in [-0.1, -0.05) is 5.16 Å². The predicted octanol–water partition coefficient (Wildman–Crippen LogP) is -0.502. The summed E-state index contributed by atoms with van der Waals surface area (Å²) in [7, 11) is 1.61. The Bertz CT molecular complexity index is 181. The molecule has 0 fully saturated rings. The van der Waals surface area contributed by atoms with Gasteiger partial charge in [-0.05, 0) is 13.3 Å². The second-order valence-corrected chi connectivity index (χ2v) is 3.53. The van der Waals surface area contributed by atoms with Gasteiger partial charge in [0.2, 0.25) is 0 Å². The summed E-state index contributed by atoms with van der Waals surface area (Å²) in [6.07, 6.45) is 1.08. The Morgan fingerprint density at radius 3 is 2.73 bits per heavy atom. The highest BCUT2D eigenvalue weighted by Crippen LogP contribution is 1.98. The molecule has 0 spiro atoms. The number of amidine groups is 1. The second-order valence-electron chi connectivity index (χ2n) is 3.53. The number of nitrogens with two attached hydrogens (primary N) is 1. The Morgan fingerprint density at radius 1 is 1.60 bits per heavy atom. The summed E-state index contributed by atoms with van der Waals surface area (Å²) < 4.78 is 5.00. The van der Waals surface area contributed by atoms with Crippen molar-refractivity contribution in [2.45, 2.75) is 31.8 Å². The molecule has 2 atom stereocenters. The molecule has 0 aromatic heterocycles. The molecule has 0 bridgehead atoms. The van der Waals surface area contributed by atoms with Crippen LogP contribution >= 0.6 is 0 Å². The van der Waals surface area contributed by atoms with E-state index in [0.29, 0.717) is 19.4 Å². The van der Waals surface area contributed by atoms with E-state index in [1.165, 1.54) is 0 Å². The van der Waals surface area contributed by atoms with E-state index in [-0.39, 0.29) is 24.5 Å². The molecule has 0 saturated carbocycles. The zero-order valence-electron chi connectivity index (χ0n) is 9.31. The SMILES string of the molecule is COCC(CCO)NC(C)CC(N)=NO. The number of nitrogens with one attached hydrogen (secondary N) is 1. The van der Waals surface area contributed by atoms with Gasteiger partial charge in [-0.25, -0.2) is 0 Å². The van der Waals surface area contributed by atoms with Crippen LogP contribution in [0.5, 0.6) is 0 Å². The van der Waals surface area contributed by atoms with Crippen LogP contribution in [0.25, 0.3) is 0 Å². The number of ether oxygens (including phenoxy) is 1. The minimum absolute atomic E-state index is 0.0765. The van der Waals surface area contributed by atoms with Crippen LogP contribution in [0.1, 0.15) is 19.8 Å². The fourth-order valence-corrected chi connectivity index (χ4v) is 1.39. The van der Waals surface area contributed by atoms with E-state index in [0.717, 1.165) is 0 Å². The number of aliphatic hydroxyl groups excluding tert-OH is 1. The van der Waals surface area contributed by atoms with Gasteiger partial charge >= 0.3 is 0 Å². The third kappa shape index (κ3) is 7.12. The van der Waals surface area contributed by atoms with Crippen molar-refractivity contribution in [3.05, 3.63) is 0 Å². The van der Waals surface area contributed by atoms with Crippen molar-refractivity contribution in [2.24, 2.45) is 10.9 Å². The van der Waals surface area contributed by atoms with E-state index in [9.17, 15) is 0 Å². The molecule has 15 heavy (non-hydrogen) atoms. The number of rotatable bonds is 8. The lowest BCUT2D eigenvalue weighted by Crippen LogP contribution is -2.41. The molecule has 0 aromatic carbocycles. The van der Waals surface area contributed by atoms with Crippen molar-refractivity contribution >= 4 is 5.84 Å². The Labute approximate surface area is 90.1 Å². The molecule has 2 unspecified atom stereocenters. The quantitative estimate of drug-likeness (QED) is 0.191. The lowest BCUT2D eigenvalue weighted by molar-refractivity contribution is 0.144. The highest BCUT2D eigenvalue weighted by molar-refractivity contribution is 5.80. The van der Waals surface area contributed by atoms with Crippen molar-refractivity contribution in [2.75, 3.05) is 20.3 Å². The maximum absolute atomic E-state index is 8.82. The summed E-state index contributed by atoms with van der Waals surface area (Å²) in [6, 6.07) is 0.161. The van der Waals surface area contributed by atoms with Gasteiger partial charge in [0.15, 0.2) is 0 Å². The van der Waals surface area contributed by atoms with Gasteiger partial charge in [-0.15, -0.1) is 0 Å². The van der Waals surface area contributed by atoms with Crippen molar-refractivity contribution in [1.82, 2.24) is 5.32 Å². The first-order valence-electron chi connectivity index (χ1n) is 4.96. The third-order valence-electron chi connectivity index (χ3n) is 2.01. The van der Waals surface area contributed by atoms with Crippen LogP contribution in [-0.4, -0.2) is 48.6 Å². The Morgan fingerprint density at radius 2 is 2.27 bits per heavy atom. The zero-order chi connectivity index (χ0) is 11.7. The topological polar surface area (TPSA) is 100 Å². The van der Waals surface area contributed by atoms with Crippen LogP contribution in [0.3, 0.4) is 0 Å². The van der Waals surface area contributed by atoms with Crippen molar-refractivity contribution in [3.8, 4) is 0 Å². The highest BCUT2D eigenvalue weighted by atomic mass is 16.5. The maximum Gasteiger partial charge on any atom is 0.140 e. The van der Waals surface area contributed by atoms with Gasteiger partial charge in [-0.2, -0.15) is 0 Å². The summed E-state index contributed by atoms with van der Waals surface area (Å²) in [4.78, 5) is 0. The average molecular weight is 219 g/mol. The van der Waals surface area contributed by atoms with Crippen LogP contribution in [0.4, 0.5) is 0 Å². The minimum Gasteiger partial charge on any atom is -0.409 e. The van der Waals surface area contributed by atoms with Gasteiger partial charge < -0.3 is 26.1 Å². The first-order chi connectivity index (χ1) is 7.13. The molecule has 5 N–H and O–H groups in total. The van der Waals surface area contributed by atoms with Crippen molar-refractivity contribution in [1.29, 1.82) is 0 Å². The van der Waals surface area contributed by atoms with Crippen LogP contribution in [0.15, 0.2) is 5.16 Å². The smallest absolute Gasteiger partial charge is 0.140 e. The fourth-order valence-electron chi connectivity index (χ4n) is 1.39. The van der Waals surface area contributed by atoms with E-state index < -0.39 is 0 Å². The minimum atomic E-state index is 0.0765. The van der Waals surface area contributed by atoms with E-state index in [2.05, 4.69) is 10.5 Å². The number of nitrogens with zero attached hydrogens (tertiary/aromatic N) is 1. The van der Waals surface area contributed by atoms with E-state index in [1.807, 2.05) is 6.92 Å². The fraction of sp³-hybridized carbons (Fsp3) is 0.889.